The lowest BCUT2D eigenvalue weighted by molar-refractivity contribution is 0.0107. The monoisotopic (exact) mass is 193 g/mol. The van der Waals surface area contributed by atoms with Gasteiger partial charge in [-0.25, -0.2) is 0 Å². The molecule has 1 fully saturated rings. The molecule has 3 heteroatoms. The normalized spacial score (nSPS) is 36.7. The lowest BCUT2D eigenvalue weighted by Crippen LogP contribution is -2.41. The molecule has 0 spiro atoms. The summed E-state index contributed by atoms with van der Waals surface area (Å²) in [6.45, 7) is 4.06. The molecule has 1 heterocycles. The van der Waals surface area contributed by atoms with Crippen molar-refractivity contribution in [3.8, 4) is 0 Å². The van der Waals surface area contributed by atoms with Crippen molar-refractivity contribution < 1.29 is 4.74 Å². The van der Waals surface area contributed by atoms with Gasteiger partial charge in [-0.3, -0.25) is 0 Å². The summed E-state index contributed by atoms with van der Waals surface area (Å²) in [4.78, 5) is 0. The average Bonchev–Trinajstić information content (AvgIpc) is 1.88. The van der Waals surface area contributed by atoms with Crippen molar-refractivity contribution in [3.63, 3.8) is 0 Å². The highest BCUT2D eigenvalue weighted by Gasteiger charge is 2.17. The van der Waals surface area contributed by atoms with Crippen molar-refractivity contribution in [1.29, 1.82) is 0 Å². The summed E-state index contributed by atoms with van der Waals surface area (Å²) in [7, 11) is 0. The van der Waals surface area contributed by atoms with E-state index in [9.17, 15) is 0 Å². The van der Waals surface area contributed by atoms with Gasteiger partial charge in [0.05, 0.1) is 6.10 Å². The summed E-state index contributed by atoms with van der Waals surface area (Å²) in [5.74, 6) is 0. The van der Waals surface area contributed by atoms with E-state index in [2.05, 4.69) is 28.2 Å². The summed E-state index contributed by atoms with van der Waals surface area (Å²) in [5.41, 5.74) is 0. The maximum atomic E-state index is 5.49. The highest BCUT2D eigenvalue weighted by Crippen LogP contribution is 2.10. The Morgan fingerprint density at radius 2 is 2.44 bits per heavy atom. The van der Waals surface area contributed by atoms with E-state index in [1.54, 1.807) is 0 Å². The summed E-state index contributed by atoms with van der Waals surface area (Å²) in [6, 6.07) is 0. The van der Waals surface area contributed by atoms with Crippen molar-refractivity contribution in [3.05, 3.63) is 0 Å². The molecule has 1 saturated heterocycles. The smallest absolute Gasteiger partial charge is 0.125 e. The Bertz CT molecular complexity index is 89.1. The SMILES string of the molecule is CCC1CNCC(Br)O1. The Labute approximate surface area is 64.1 Å². The highest BCUT2D eigenvalue weighted by molar-refractivity contribution is 9.09. The lowest BCUT2D eigenvalue weighted by Gasteiger charge is -2.26. The van der Waals surface area contributed by atoms with Gasteiger partial charge in [0.15, 0.2) is 0 Å². The fraction of sp³-hybridized carbons (Fsp3) is 1.00. The Morgan fingerprint density at radius 3 is 2.89 bits per heavy atom. The van der Waals surface area contributed by atoms with Gasteiger partial charge in [-0.2, -0.15) is 0 Å². The Morgan fingerprint density at radius 1 is 1.67 bits per heavy atom. The van der Waals surface area contributed by atoms with Gasteiger partial charge in [0.2, 0.25) is 0 Å². The third-order valence-corrected chi connectivity index (χ3v) is 2.01. The molecule has 2 nitrogen and oxygen atoms in total. The third kappa shape index (κ3) is 2.24. The van der Waals surface area contributed by atoms with E-state index in [4.69, 9.17) is 4.74 Å². The minimum atomic E-state index is 0.219. The number of hydrogen-bond acceptors (Lipinski definition) is 2. The van der Waals surface area contributed by atoms with Crippen LogP contribution in [-0.2, 0) is 4.74 Å². The number of hydrogen-bond donors (Lipinski definition) is 1. The van der Waals surface area contributed by atoms with Gasteiger partial charge >= 0.3 is 0 Å². The second kappa shape index (κ2) is 3.54. The Kier molecular flexibility index (Phi) is 2.95. The topological polar surface area (TPSA) is 21.3 Å². The predicted molar refractivity (Wildman–Crippen MR) is 40.7 cm³/mol. The van der Waals surface area contributed by atoms with E-state index < -0.39 is 0 Å². The van der Waals surface area contributed by atoms with E-state index in [1.165, 1.54) is 0 Å². The van der Waals surface area contributed by atoms with E-state index in [0.717, 1.165) is 19.5 Å². The van der Waals surface area contributed by atoms with Gasteiger partial charge in [0.25, 0.3) is 0 Å². The van der Waals surface area contributed by atoms with E-state index in [1.807, 2.05) is 0 Å². The molecule has 2 unspecified atom stereocenters. The van der Waals surface area contributed by atoms with Crippen molar-refractivity contribution in [1.82, 2.24) is 5.32 Å². The zero-order valence-electron chi connectivity index (χ0n) is 5.56. The van der Waals surface area contributed by atoms with Crippen LogP contribution in [0.3, 0.4) is 0 Å². The van der Waals surface area contributed by atoms with Crippen LogP contribution in [0.5, 0.6) is 0 Å². The molecule has 2 atom stereocenters. The maximum absolute atomic E-state index is 5.49. The number of alkyl halides is 1. The van der Waals surface area contributed by atoms with E-state index in [0.29, 0.717) is 6.10 Å². The van der Waals surface area contributed by atoms with E-state index in [-0.39, 0.29) is 5.01 Å². The van der Waals surface area contributed by atoms with Crippen molar-refractivity contribution in [2.75, 3.05) is 13.1 Å². The van der Waals surface area contributed by atoms with E-state index >= 15 is 0 Å². The molecule has 0 bridgehead atoms. The molecule has 0 aromatic heterocycles. The standard InChI is InChI=1S/C6H12BrNO/c1-2-5-3-8-4-6(7)9-5/h5-6,8H,2-4H2,1H3. The zero-order chi connectivity index (χ0) is 6.69. The highest BCUT2D eigenvalue weighted by atomic mass is 79.9. The predicted octanol–water partition coefficient (Wildman–Crippen LogP) is 1.11. The number of nitrogens with one attached hydrogen (secondary N) is 1. The van der Waals surface area contributed by atoms with Gasteiger partial charge in [-0.1, -0.05) is 22.9 Å². The molecule has 9 heavy (non-hydrogen) atoms. The number of halogens is 1. The van der Waals surface area contributed by atoms with Crippen molar-refractivity contribution in [2.24, 2.45) is 0 Å². The Hall–Kier alpha value is 0.400. The van der Waals surface area contributed by atoms with Gasteiger partial charge in [-0.05, 0) is 6.42 Å². The Balaban J connectivity index is 2.23. The number of ether oxygens (including phenoxy) is 1. The van der Waals surface area contributed by atoms with Gasteiger partial charge in [0.1, 0.15) is 5.01 Å². The van der Waals surface area contributed by atoms with Crippen LogP contribution in [0.1, 0.15) is 13.3 Å². The van der Waals surface area contributed by atoms with Crippen LogP contribution >= 0.6 is 15.9 Å². The van der Waals surface area contributed by atoms with Crippen LogP contribution in [-0.4, -0.2) is 24.2 Å². The van der Waals surface area contributed by atoms with Crippen molar-refractivity contribution in [2.45, 2.75) is 24.5 Å². The molecule has 0 saturated carbocycles. The first-order chi connectivity index (χ1) is 4.33. The summed E-state index contributed by atoms with van der Waals surface area (Å²) in [6.07, 6.45) is 1.50. The number of morpholine rings is 1. The third-order valence-electron chi connectivity index (χ3n) is 1.47. The second-order valence-electron chi connectivity index (χ2n) is 2.23. The van der Waals surface area contributed by atoms with Crippen LogP contribution < -0.4 is 5.32 Å². The largest absolute Gasteiger partial charge is 0.361 e. The van der Waals surface area contributed by atoms with Crippen LogP contribution in [0.15, 0.2) is 0 Å². The maximum Gasteiger partial charge on any atom is 0.125 e. The van der Waals surface area contributed by atoms with Gasteiger partial charge in [0, 0.05) is 13.1 Å². The molecule has 0 aromatic carbocycles. The van der Waals surface area contributed by atoms with Crippen molar-refractivity contribution >= 4 is 15.9 Å². The minimum Gasteiger partial charge on any atom is -0.361 e. The average molecular weight is 194 g/mol. The molecule has 0 amide bonds. The summed E-state index contributed by atoms with van der Waals surface area (Å²) in [5, 5.41) is 3.48. The quantitative estimate of drug-likeness (QED) is 0.631. The first-order valence-electron chi connectivity index (χ1n) is 3.33. The molecule has 54 valence electrons. The molecule has 1 aliphatic rings. The zero-order valence-corrected chi connectivity index (χ0v) is 7.15. The first kappa shape index (κ1) is 7.51. The van der Waals surface area contributed by atoms with Gasteiger partial charge < -0.3 is 10.1 Å². The summed E-state index contributed by atoms with van der Waals surface area (Å²) >= 11 is 3.38. The second-order valence-corrected chi connectivity index (χ2v) is 3.26. The molecule has 0 aliphatic carbocycles. The van der Waals surface area contributed by atoms with Crippen LogP contribution in [0.25, 0.3) is 0 Å². The molecule has 1 N–H and O–H groups in total. The minimum absolute atomic E-state index is 0.219. The molecule has 1 rings (SSSR count). The van der Waals surface area contributed by atoms with Gasteiger partial charge in [-0.15, -0.1) is 0 Å². The molecule has 0 radical (unpaired) electrons. The summed E-state index contributed by atoms with van der Waals surface area (Å²) < 4.78 is 5.49. The van der Waals surface area contributed by atoms with Crippen LogP contribution in [0, 0.1) is 0 Å². The number of rotatable bonds is 1. The molecule has 0 aromatic rings. The van der Waals surface area contributed by atoms with Crippen LogP contribution in [0.2, 0.25) is 0 Å². The van der Waals surface area contributed by atoms with Crippen LogP contribution in [0.4, 0.5) is 0 Å². The first-order valence-corrected chi connectivity index (χ1v) is 4.24. The lowest BCUT2D eigenvalue weighted by atomic mass is 10.2. The molecular weight excluding hydrogens is 182 g/mol. The molecular formula is C6H12BrNO. The fourth-order valence-corrected chi connectivity index (χ4v) is 1.44. The fourth-order valence-electron chi connectivity index (χ4n) is 0.903. The molecule has 1 aliphatic heterocycles.